The van der Waals surface area contributed by atoms with Gasteiger partial charge in [-0.2, -0.15) is 0 Å². The second kappa shape index (κ2) is 4.22. The molecule has 0 aromatic carbocycles. The molecule has 0 aromatic heterocycles. The van der Waals surface area contributed by atoms with E-state index in [-0.39, 0.29) is 17.2 Å². The van der Waals surface area contributed by atoms with Gasteiger partial charge in [0.25, 0.3) is 0 Å². The van der Waals surface area contributed by atoms with Crippen LogP contribution in [0.4, 0.5) is 0 Å². The van der Waals surface area contributed by atoms with Gasteiger partial charge in [-0.25, -0.2) is 0 Å². The summed E-state index contributed by atoms with van der Waals surface area (Å²) in [5, 5.41) is 0. The fraction of sp³-hybridized carbons (Fsp3) is 1.00. The van der Waals surface area contributed by atoms with Crippen molar-refractivity contribution in [2.45, 2.75) is 70.8 Å². The third-order valence-corrected chi connectivity index (χ3v) is 4.54. The summed E-state index contributed by atoms with van der Waals surface area (Å²) in [7, 11) is 0. The Morgan fingerprint density at radius 1 is 1.24 bits per heavy atom. The molecule has 2 saturated heterocycles. The molecule has 2 N–H and O–H groups in total. The highest BCUT2D eigenvalue weighted by Crippen LogP contribution is 2.45. The van der Waals surface area contributed by atoms with Gasteiger partial charge in [0, 0.05) is 24.5 Å². The molecular formula is C14H27NO2. The van der Waals surface area contributed by atoms with Crippen LogP contribution in [0.15, 0.2) is 0 Å². The number of hydrogen-bond acceptors (Lipinski definition) is 3. The van der Waals surface area contributed by atoms with Crippen molar-refractivity contribution in [3.05, 3.63) is 0 Å². The Labute approximate surface area is 105 Å². The Kier molecular flexibility index (Phi) is 3.30. The summed E-state index contributed by atoms with van der Waals surface area (Å²) in [5.74, 6) is 0.906. The van der Waals surface area contributed by atoms with Gasteiger partial charge >= 0.3 is 0 Å². The molecule has 2 fully saturated rings. The largest absolute Gasteiger partial charge is 0.378 e. The summed E-state index contributed by atoms with van der Waals surface area (Å²) in [4.78, 5) is 0. The maximum Gasteiger partial charge on any atom is 0.0677 e. The molecule has 0 amide bonds. The van der Waals surface area contributed by atoms with Crippen LogP contribution < -0.4 is 5.73 Å². The van der Waals surface area contributed by atoms with Crippen molar-refractivity contribution in [1.82, 2.24) is 0 Å². The van der Waals surface area contributed by atoms with Gasteiger partial charge in [-0.15, -0.1) is 0 Å². The maximum atomic E-state index is 6.51. The van der Waals surface area contributed by atoms with Crippen molar-refractivity contribution >= 4 is 0 Å². The molecule has 4 atom stereocenters. The number of rotatable bonds is 2. The zero-order valence-electron chi connectivity index (χ0n) is 11.8. The fourth-order valence-corrected chi connectivity index (χ4v) is 3.76. The lowest BCUT2D eigenvalue weighted by Gasteiger charge is -2.34. The molecule has 4 unspecified atom stereocenters. The van der Waals surface area contributed by atoms with E-state index >= 15 is 0 Å². The molecule has 0 bridgehead atoms. The normalized spacial score (nSPS) is 41.6. The van der Waals surface area contributed by atoms with Gasteiger partial charge in [-0.3, -0.25) is 0 Å². The molecule has 2 aliphatic heterocycles. The predicted octanol–water partition coefficient (Wildman–Crippen LogP) is 2.33. The van der Waals surface area contributed by atoms with Gasteiger partial charge in [0.05, 0.1) is 17.3 Å². The van der Waals surface area contributed by atoms with E-state index in [1.807, 2.05) is 0 Å². The average molecular weight is 241 g/mol. The van der Waals surface area contributed by atoms with Crippen molar-refractivity contribution < 1.29 is 9.47 Å². The smallest absolute Gasteiger partial charge is 0.0677 e. The molecule has 100 valence electrons. The molecule has 2 rings (SSSR count). The molecule has 0 radical (unpaired) electrons. The fourth-order valence-electron chi connectivity index (χ4n) is 3.76. The molecule has 0 saturated carbocycles. The Morgan fingerprint density at radius 2 is 1.88 bits per heavy atom. The van der Waals surface area contributed by atoms with Crippen LogP contribution >= 0.6 is 0 Å². The minimum atomic E-state index is -0.120. The van der Waals surface area contributed by atoms with Gasteiger partial charge < -0.3 is 15.2 Å². The summed E-state index contributed by atoms with van der Waals surface area (Å²) in [6.45, 7) is 11.7. The van der Waals surface area contributed by atoms with Crippen LogP contribution in [0.2, 0.25) is 0 Å². The van der Waals surface area contributed by atoms with E-state index in [1.54, 1.807) is 0 Å². The first kappa shape index (κ1) is 13.3. The summed E-state index contributed by atoms with van der Waals surface area (Å²) >= 11 is 0. The first-order chi connectivity index (χ1) is 7.73. The summed E-state index contributed by atoms with van der Waals surface area (Å²) in [5.41, 5.74) is 6.34. The Hall–Kier alpha value is -0.120. The highest BCUT2D eigenvalue weighted by molar-refractivity contribution is 5.01. The van der Waals surface area contributed by atoms with Gasteiger partial charge in [0.15, 0.2) is 0 Å². The van der Waals surface area contributed by atoms with Crippen LogP contribution in [0.25, 0.3) is 0 Å². The Morgan fingerprint density at radius 3 is 2.29 bits per heavy atom. The zero-order chi connectivity index (χ0) is 12.8. The van der Waals surface area contributed by atoms with Gasteiger partial charge in [0.2, 0.25) is 0 Å². The predicted molar refractivity (Wildman–Crippen MR) is 68.8 cm³/mol. The molecular weight excluding hydrogens is 214 g/mol. The average Bonchev–Trinajstić information content (AvgIpc) is 2.66. The molecule has 0 spiro atoms. The quantitative estimate of drug-likeness (QED) is 0.807. The van der Waals surface area contributed by atoms with Crippen molar-refractivity contribution in [2.24, 2.45) is 17.6 Å². The summed E-state index contributed by atoms with van der Waals surface area (Å²) < 4.78 is 11.8. The van der Waals surface area contributed by atoms with Crippen LogP contribution in [0.1, 0.15) is 47.5 Å². The lowest BCUT2D eigenvalue weighted by molar-refractivity contribution is -0.0789. The summed E-state index contributed by atoms with van der Waals surface area (Å²) in [6, 6.07) is 0.185. The first-order valence-corrected chi connectivity index (χ1v) is 6.80. The van der Waals surface area contributed by atoms with Crippen molar-refractivity contribution in [3.8, 4) is 0 Å². The van der Waals surface area contributed by atoms with E-state index in [2.05, 4.69) is 34.6 Å². The van der Waals surface area contributed by atoms with E-state index in [0.717, 1.165) is 19.4 Å². The first-order valence-electron chi connectivity index (χ1n) is 6.80. The van der Waals surface area contributed by atoms with Crippen LogP contribution in [0.3, 0.4) is 0 Å². The second-order valence-electron chi connectivity index (χ2n) is 6.88. The van der Waals surface area contributed by atoms with Crippen molar-refractivity contribution in [1.29, 1.82) is 0 Å². The van der Waals surface area contributed by atoms with E-state index < -0.39 is 0 Å². The van der Waals surface area contributed by atoms with Crippen molar-refractivity contribution in [3.63, 3.8) is 0 Å². The molecule has 3 nitrogen and oxygen atoms in total. The third kappa shape index (κ3) is 2.51. The number of ether oxygens (including phenoxy) is 2. The number of nitrogens with two attached hydrogens (primary N) is 1. The van der Waals surface area contributed by atoms with Crippen LogP contribution in [-0.4, -0.2) is 30.0 Å². The zero-order valence-corrected chi connectivity index (χ0v) is 11.8. The lowest BCUT2D eigenvalue weighted by atomic mass is 9.75. The van der Waals surface area contributed by atoms with Gasteiger partial charge in [0.1, 0.15) is 0 Å². The maximum absolute atomic E-state index is 6.51. The Bertz CT molecular complexity index is 288. The van der Waals surface area contributed by atoms with Crippen LogP contribution in [0, 0.1) is 11.8 Å². The highest BCUT2D eigenvalue weighted by atomic mass is 16.5. The minimum absolute atomic E-state index is 0.0471. The van der Waals surface area contributed by atoms with E-state index in [0.29, 0.717) is 17.9 Å². The molecule has 2 heterocycles. The molecule has 17 heavy (non-hydrogen) atoms. The minimum Gasteiger partial charge on any atom is -0.378 e. The van der Waals surface area contributed by atoms with E-state index in [9.17, 15) is 0 Å². The third-order valence-electron chi connectivity index (χ3n) is 4.54. The molecule has 0 aromatic rings. The van der Waals surface area contributed by atoms with Gasteiger partial charge in [-0.05, 0) is 47.5 Å². The Balaban J connectivity index is 2.11. The SMILES string of the molecule is CC1OCCC1C(N)C1CC(C)(C)OC1(C)C. The number of hydrogen-bond donors (Lipinski definition) is 1. The van der Waals surface area contributed by atoms with Crippen molar-refractivity contribution in [2.75, 3.05) is 6.61 Å². The monoisotopic (exact) mass is 241 g/mol. The molecule has 0 aliphatic carbocycles. The topological polar surface area (TPSA) is 44.5 Å². The van der Waals surface area contributed by atoms with E-state index in [1.165, 1.54) is 0 Å². The second-order valence-corrected chi connectivity index (χ2v) is 6.88. The molecule has 2 aliphatic rings. The van der Waals surface area contributed by atoms with Gasteiger partial charge in [-0.1, -0.05) is 0 Å². The lowest BCUT2D eigenvalue weighted by Crippen LogP contribution is -2.47. The molecule has 3 heteroatoms. The standard InChI is InChI=1S/C14H27NO2/c1-9-10(6-7-16-9)12(15)11-8-13(2,3)17-14(11,4)5/h9-12H,6-8,15H2,1-5H3. The van der Waals surface area contributed by atoms with Crippen LogP contribution in [0.5, 0.6) is 0 Å². The van der Waals surface area contributed by atoms with Crippen LogP contribution in [-0.2, 0) is 9.47 Å². The van der Waals surface area contributed by atoms with E-state index in [4.69, 9.17) is 15.2 Å². The highest BCUT2D eigenvalue weighted by Gasteiger charge is 2.50. The summed E-state index contributed by atoms with van der Waals surface area (Å²) in [6.07, 6.45) is 2.43.